The number of Topliss-reactive ketones (excluding diaryl/α,β-unsaturated/α-hetero) is 1. The third-order valence-corrected chi connectivity index (χ3v) is 6.80. The van der Waals surface area contributed by atoms with Crippen LogP contribution < -0.4 is 0 Å². The van der Waals surface area contributed by atoms with E-state index in [4.69, 9.17) is 4.74 Å². The summed E-state index contributed by atoms with van der Waals surface area (Å²) in [4.78, 5) is 27.7. The Kier molecular flexibility index (Phi) is 4.42. The number of nitrogens with zero attached hydrogens (tertiary/aromatic N) is 1. The molecule has 0 radical (unpaired) electrons. The number of ketones is 2. The fourth-order valence-corrected chi connectivity index (χ4v) is 5.09. The third kappa shape index (κ3) is 2.70. The molecule has 2 saturated carbocycles. The minimum absolute atomic E-state index is 0.0919. The Labute approximate surface area is 156 Å². The lowest BCUT2D eigenvalue weighted by atomic mass is 9.58. The molecule has 0 N–H and O–H groups in total. The van der Waals surface area contributed by atoms with Crippen LogP contribution in [0, 0.1) is 17.3 Å². The van der Waals surface area contributed by atoms with Gasteiger partial charge in [-0.2, -0.15) is 0 Å². The number of hydrogen-bond donors (Lipinski definition) is 0. The molecular formula is C22H29NO3. The largest absolute Gasteiger partial charge is 0.477 e. The van der Waals surface area contributed by atoms with Crippen molar-refractivity contribution in [2.75, 3.05) is 20.1 Å². The molecule has 2 fully saturated rings. The fourth-order valence-electron chi connectivity index (χ4n) is 5.09. The van der Waals surface area contributed by atoms with Crippen LogP contribution in [-0.2, 0) is 14.3 Å². The molecule has 0 spiro atoms. The average Bonchev–Trinajstić information content (AvgIpc) is 3.35. The Morgan fingerprint density at radius 2 is 2.04 bits per heavy atom. The van der Waals surface area contributed by atoms with Crippen molar-refractivity contribution in [1.82, 2.24) is 4.90 Å². The minimum atomic E-state index is -0.496. The average molecular weight is 355 g/mol. The Morgan fingerprint density at radius 3 is 2.73 bits per heavy atom. The summed E-state index contributed by atoms with van der Waals surface area (Å²) < 4.78 is 6.10. The number of allylic oxidation sites excluding steroid dienone is 4. The second-order valence-electron chi connectivity index (χ2n) is 8.55. The molecule has 3 atom stereocenters. The first-order valence-electron chi connectivity index (χ1n) is 9.99. The molecule has 0 bridgehead atoms. The van der Waals surface area contributed by atoms with Crippen LogP contribution in [0.4, 0.5) is 0 Å². The summed E-state index contributed by atoms with van der Waals surface area (Å²) in [7, 11) is 2.17. The van der Waals surface area contributed by atoms with Crippen LogP contribution in [0.5, 0.6) is 0 Å². The van der Waals surface area contributed by atoms with Crippen LogP contribution in [0.2, 0.25) is 0 Å². The van der Waals surface area contributed by atoms with Crippen molar-refractivity contribution in [1.29, 1.82) is 0 Å². The summed E-state index contributed by atoms with van der Waals surface area (Å²) in [6.07, 6.45) is 10.00. The van der Waals surface area contributed by atoms with E-state index in [-0.39, 0.29) is 17.0 Å². The zero-order valence-corrected chi connectivity index (χ0v) is 16.1. The Bertz CT molecular complexity index is 728. The molecule has 4 rings (SSSR count). The van der Waals surface area contributed by atoms with E-state index in [2.05, 4.69) is 18.9 Å². The highest BCUT2D eigenvalue weighted by Gasteiger charge is 2.60. The highest BCUT2D eigenvalue weighted by Crippen LogP contribution is 2.58. The topological polar surface area (TPSA) is 46.6 Å². The predicted octanol–water partition coefficient (Wildman–Crippen LogP) is 3.44. The molecule has 26 heavy (non-hydrogen) atoms. The van der Waals surface area contributed by atoms with E-state index in [0.717, 1.165) is 43.0 Å². The standard InChI is InChI=1S/C22H29NO3/c1-4-16-8-10-17(24)20-19(16)22(11-12-23(3)13-15-6-7-15)14(2)5-9-18(25)21(22)26-20/h4,8,10,14-15,21H,5-7,9,11-13H2,1-3H3. The lowest BCUT2D eigenvalue weighted by molar-refractivity contribution is -0.140. The molecule has 0 saturated heterocycles. The van der Waals surface area contributed by atoms with Crippen molar-refractivity contribution < 1.29 is 14.3 Å². The summed E-state index contributed by atoms with van der Waals surface area (Å²) in [5.41, 5.74) is 1.68. The van der Waals surface area contributed by atoms with Gasteiger partial charge in [-0.3, -0.25) is 9.59 Å². The van der Waals surface area contributed by atoms with Gasteiger partial charge in [0.25, 0.3) is 0 Å². The molecule has 4 nitrogen and oxygen atoms in total. The van der Waals surface area contributed by atoms with Crippen LogP contribution in [0.3, 0.4) is 0 Å². The van der Waals surface area contributed by atoms with Crippen molar-refractivity contribution in [3.05, 3.63) is 35.1 Å². The Balaban J connectivity index is 1.71. The third-order valence-electron chi connectivity index (χ3n) is 6.80. The van der Waals surface area contributed by atoms with Crippen molar-refractivity contribution in [2.24, 2.45) is 17.3 Å². The highest BCUT2D eigenvalue weighted by molar-refractivity contribution is 6.07. The maximum Gasteiger partial charge on any atom is 0.220 e. The maximum atomic E-state index is 12.8. The number of carbonyl (C=O) groups excluding carboxylic acids is 2. The molecule has 3 aliphatic carbocycles. The van der Waals surface area contributed by atoms with Gasteiger partial charge < -0.3 is 9.64 Å². The molecule has 0 aromatic heterocycles. The van der Waals surface area contributed by atoms with Crippen molar-refractivity contribution in [2.45, 2.75) is 52.1 Å². The van der Waals surface area contributed by atoms with Crippen molar-refractivity contribution in [3.63, 3.8) is 0 Å². The number of rotatable bonds is 5. The number of ether oxygens (including phenoxy) is 1. The van der Waals surface area contributed by atoms with Gasteiger partial charge in [-0.15, -0.1) is 0 Å². The molecule has 4 aliphatic rings. The van der Waals surface area contributed by atoms with Crippen LogP contribution in [0.25, 0.3) is 0 Å². The highest BCUT2D eigenvalue weighted by atomic mass is 16.5. The molecule has 4 heteroatoms. The van der Waals surface area contributed by atoms with Crippen LogP contribution in [-0.4, -0.2) is 42.7 Å². The van der Waals surface area contributed by atoms with Gasteiger partial charge in [0.2, 0.25) is 5.78 Å². The van der Waals surface area contributed by atoms with E-state index in [1.54, 1.807) is 6.08 Å². The van der Waals surface area contributed by atoms with Crippen molar-refractivity contribution >= 4 is 11.6 Å². The van der Waals surface area contributed by atoms with Gasteiger partial charge in [0, 0.05) is 24.0 Å². The number of carbonyl (C=O) groups is 2. The lowest BCUT2D eigenvalue weighted by Gasteiger charge is -2.45. The van der Waals surface area contributed by atoms with E-state index in [1.165, 1.54) is 12.8 Å². The van der Waals surface area contributed by atoms with E-state index in [9.17, 15) is 9.59 Å². The van der Waals surface area contributed by atoms with Gasteiger partial charge >= 0.3 is 0 Å². The molecular weight excluding hydrogens is 326 g/mol. The summed E-state index contributed by atoms with van der Waals surface area (Å²) in [5, 5.41) is 0. The quantitative estimate of drug-likeness (QED) is 0.758. The van der Waals surface area contributed by atoms with Gasteiger partial charge in [-0.1, -0.05) is 19.1 Å². The molecule has 1 aliphatic heterocycles. The predicted molar refractivity (Wildman–Crippen MR) is 100 cm³/mol. The van der Waals surface area contributed by atoms with E-state index >= 15 is 0 Å². The first-order chi connectivity index (χ1) is 12.5. The maximum absolute atomic E-state index is 12.8. The Morgan fingerprint density at radius 1 is 1.27 bits per heavy atom. The normalized spacial score (nSPS) is 35.2. The van der Waals surface area contributed by atoms with Gasteiger partial charge in [0.15, 0.2) is 17.6 Å². The van der Waals surface area contributed by atoms with E-state index in [1.807, 2.05) is 19.1 Å². The minimum Gasteiger partial charge on any atom is -0.477 e. The van der Waals surface area contributed by atoms with Crippen LogP contribution >= 0.6 is 0 Å². The number of hydrogen-bond acceptors (Lipinski definition) is 4. The van der Waals surface area contributed by atoms with Gasteiger partial charge in [-0.25, -0.2) is 0 Å². The molecule has 0 aromatic rings. The van der Waals surface area contributed by atoms with E-state index in [0.29, 0.717) is 18.1 Å². The summed E-state index contributed by atoms with van der Waals surface area (Å²) in [6, 6.07) is 0. The Hall–Kier alpha value is -1.68. The molecule has 3 unspecified atom stereocenters. The fraction of sp³-hybridized carbons (Fsp3) is 0.636. The second-order valence-corrected chi connectivity index (χ2v) is 8.55. The molecule has 1 heterocycles. The molecule has 0 amide bonds. The first kappa shape index (κ1) is 17.7. The van der Waals surface area contributed by atoms with Gasteiger partial charge in [-0.05, 0) is 69.7 Å². The smallest absolute Gasteiger partial charge is 0.220 e. The van der Waals surface area contributed by atoms with E-state index < -0.39 is 6.10 Å². The summed E-state index contributed by atoms with van der Waals surface area (Å²) in [6.45, 7) is 6.29. The van der Waals surface area contributed by atoms with Crippen LogP contribution in [0.1, 0.15) is 46.0 Å². The zero-order valence-electron chi connectivity index (χ0n) is 16.1. The monoisotopic (exact) mass is 355 g/mol. The van der Waals surface area contributed by atoms with Crippen molar-refractivity contribution in [3.8, 4) is 0 Å². The van der Waals surface area contributed by atoms with Gasteiger partial charge in [0.05, 0.1) is 0 Å². The van der Waals surface area contributed by atoms with Crippen LogP contribution in [0.15, 0.2) is 35.1 Å². The molecule has 0 aromatic carbocycles. The molecule has 140 valence electrons. The summed E-state index contributed by atoms with van der Waals surface area (Å²) in [5.74, 6) is 1.66. The first-order valence-corrected chi connectivity index (χ1v) is 9.99. The SMILES string of the molecule is CC=C1C=CC(=O)C2=C1C1(CCN(C)CC3CC3)C(C)CCC(=O)C1O2. The lowest BCUT2D eigenvalue weighted by Crippen LogP contribution is -2.50. The second kappa shape index (κ2) is 6.49. The zero-order chi connectivity index (χ0) is 18.5. The van der Waals surface area contributed by atoms with Gasteiger partial charge in [0.1, 0.15) is 0 Å². The summed E-state index contributed by atoms with van der Waals surface area (Å²) >= 11 is 0. The number of fused-ring (bicyclic) bond motifs is 2.